The topological polar surface area (TPSA) is 65.0 Å². The van der Waals surface area contributed by atoms with Crippen LogP contribution in [0, 0.1) is 6.92 Å². The molecule has 2 aromatic rings. The van der Waals surface area contributed by atoms with Crippen molar-refractivity contribution < 1.29 is 9.53 Å². The first-order chi connectivity index (χ1) is 8.83. The highest BCUT2D eigenvalue weighted by Crippen LogP contribution is 2.25. The van der Waals surface area contributed by atoms with E-state index in [0.29, 0.717) is 6.47 Å². The van der Waals surface area contributed by atoms with Crippen molar-refractivity contribution in [3.63, 3.8) is 0 Å². The molecule has 0 aromatic carbocycles. The molecule has 1 unspecified atom stereocenters. The fourth-order valence-corrected chi connectivity index (χ4v) is 1.83. The van der Waals surface area contributed by atoms with Gasteiger partial charge in [0.2, 0.25) is 0 Å². The van der Waals surface area contributed by atoms with Gasteiger partial charge in [0.15, 0.2) is 0 Å². The Hall–Kier alpha value is -2.30. The summed E-state index contributed by atoms with van der Waals surface area (Å²) < 4.78 is 4.90. The third-order valence-electron chi connectivity index (χ3n) is 2.74. The van der Waals surface area contributed by atoms with E-state index in [1.54, 1.807) is 18.6 Å². The molecular formula is C13H13N3O2. The Morgan fingerprint density at radius 2 is 2.28 bits per heavy atom. The molecule has 0 radical (unpaired) electrons. The Morgan fingerprint density at radius 1 is 1.39 bits per heavy atom. The highest BCUT2D eigenvalue weighted by molar-refractivity contribution is 5.38. The molecule has 0 saturated carbocycles. The monoisotopic (exact) mass is 243 g/mol. The smallest absolute Gasteiger partial charge is 0.293 e. The summed E-state index contributed by atoms with van der Waals surface area (Å²) in [5.41, 5.74) is 2.78. The molecule has 0 N–H and O–H groups in total. The van der Waals surface area contributed by atoms with Crippen LogP contribution in [0.2, 0.25) is 0 Å². The minimum Gasteiger partial charge on any atom is -0.467 e. The highest BCUT2D eigenvalue weighted by Gasteiger charge is 2.18. The number of carbonyl (C=O) groups is 1. The lowest BCUT2D eigenvalue weighted by Crippen LogP contribution is -2.12. The summed E-state index contributed by atoms with van der Waals surface area (Å²) in [6.45, 7) is 2.60. The summed E-state index contributed by atoms with van der Waals surface area (Å²) in [5, 5.41) is 0. The van der Waals surface area contributed by atoms with E-state index in [-0.39, 0.29) is 12.5 Å². The molecule has 92 valence electrons. The number of pyridine rings is 1. The van der Waals surface area contributed by atoms with Gasteiger partial charge in [-0.25, -0.2) is 9.97 Å². The number of ether oxygens (including phenoxy) is 1. The van der Waals surface area contributed by atoms with Crippen LogP contribution in [0.4, 0.5) is 0 Å². The second-order valence-corrected chi connectivity index (χ2v) is 3.83. The van der Waals surface area contributed by atoms with E-state index in [1.807, 2.05) is 19.1 Å². The zero-order valence-corrected chi connectivity index (χ0v) is 9.98. The highest BCUT2D eigenvalue weighted by atomic mass is 16.5. The summed E-state index contributed by atoms with van der Waals surface area (Å²) in [4.78, 5) is 22.7. The zero-order chi connectivity index (χ0) is 12.8. The van der Waals surface area contributed by atoms with E-state index >= 15 is 0 Å². The molecule has 5 nitrogen and oxygen atoms in total. The molecule has 0 amide bonds. The maximum absolute atomic E-state index is 10.4. The molecule has 5 heteroatoms. The standard InChI is InChI=1S/C13H13N3O2/c1-10-12(6-15-8-16-10)13(7-18-9-17)11-3-2-4-14-5-11/h2-6,8-9,13H,7H2,1H3. The SMILES string of the molecule is Cc1ncncc1C(COC=O)c1cccnc1. The third kappa shape index (κ3) is 2.68. The molecule has 0 fully saturated rings. The van der Waals surface area contributed by atoms with Gasteiger partial charge >= 0.3 is 0 Å². The van der Waals surface area contributed by atoms with Gasteiger partial charge in [-0.2, -0.15) is 0 Å². The van der Waals surface area contributed by atoms with Gasteiger partial charge in [0.1, 0.15) is 12.9 Å². The Labute approximate surface area is 105 Å². The maximum atomic E-state index is 10.4. The van der Waals surface area contributed by atoms with Crippen molar-refractivity contribution in [1.82, 2.24) is 15.0 Å². The second kappa shape index (κ2) is 5.86. The van der Waals surface area contributed by atoms with Crippen LogP contribution < -0.4 is 0 Å². The molecule has 0 bridgehead atoms. The minimum atomic E-state index is -0.0925. The molecule has 2 heterocycles. The van der Waals surface area contributed by atoms with Crippen molar-refractivity contribution >= 4 is 6.47 Å². The first kappa shape index (κ1) is 12.2. The van der Waals surface area contributed by atoms with Gasteiger partial charge in [-0.3, -0.25) is 9.78 Å². The van der Waals surface area contributed by atoms with Crippen LogP contribution in [0.15, 0.2) is 37.1 Å². The van der Waals surface area contributed by atoms with Crippen molar-refractivity contribution in [2.24, 2.45) is 0 Å². The van der Waals surface area contributed by atoms with Crippen molar-refractivity contribution in [2.45, 2.75) is 12.8 Å². The lowest BCUT2D eigenvalue weighted by atomic mass is 9.93. The van der Waals surface area contributed by atoms with Crippen molar-refractivity contribution in [3.05, 3.63) is 53.9 Å². The van der Waals surface area contributed by atoms with E-state index in [4.69, 9.17) is 4.74 Å². The zero-order valence-electron chi connectivity index (χ0n) is 9.98. The van der Waals surface area contributed by atoms with Crippen LogP contribution >= 0.6 is 0 Å². The molecule has 18 heavy (non-hydrogen) atoms. The third-order valence-corrected chi connectivity index (χ3v) is 2.74. The molecular weight excluding hydrogens is 230 g/mol. The van der Waals surface area contributed by atoms with Gasteiger partial charge in [-0.1, -0.05) is 6.07 Å². The Morgan fingerprint density at radius 3 is 2.94 bits per heavy atom. The first-order valence-corrected chi connectivity index (χ1v) is 5.54. The predicted molar refractivity (Wildman–Crippen MR) is 64.9 cm³/mol. The number of hydrogen-bond donors (Lipinski definition) is 0. The van der Waals surface area contributed by atoms with Crippen LogP contribution in [0.25, 0.3) is 0 Å². The Bertz CT molecular complexity index is 517. The van der Waals surface area contributed by atoms with Crippen molar-refractivity contribution in [2.75, 3.05) is 6.61 Å². The number of nitrogens with zero attached hydrogens (tertiary/aromatic N) is 3. The van der Waals surface area contributed by atoms with Crippen molar-refractivity contribution in [3.8, 4) is 0 Å². The summed E-state index contributed by atoms with van der Waals surface area (Å²) >= 11 is 0. The number of rotatable bonds is 5. The molecule has 2 aromatic heterocycles. The summed E-state index contributed by atoms with van der Waals surface area (Å²) in [7, 11) is 0. The average Bonchev–Trinajstić information content (AvgIpc) is 2.42. The number of carbonyl (C=O) groups excluding carboxylic acids is 1. The fourth-order valence-electron chi connectivity index (χ4n) is 1.83. The minimum absolute atomic E-state index is 0.0925. The van der Waals surface area contributed by atoms with Crippen LogP contribution in [-0.2, 0) is 9.53 Å². The normalized spacial score (nSPS) is 11.8. The van der Waals surface area contributed by atoms with Gasteiger partial charge in [-0.15, -0.1) is 0 Å². The number of hydrogen-bond acceptors (Lipinski definition) is 5. The van der Waals surface area contributed by atoms with Crippen LogP contribution in [0.3, 0.4) is 0 Å². The number of aromatic nitrogens is 3. The van der Waals surface area contributed by atoms with Crippen LogP contribution in [0.1, 0.15) is 22.7 Å². The van der Waals surface area contributed by atoms with Crippen LogP contribution in [0.5, 0.6) is 0 Å². The summed E-state index contributed by atoms with van der Waals surface area (Å²) in [6.07, 6.45) is 6.70. The Kier molecular flexibility index (Phi) is 3.96. The van der Waals surface area contributed by atoms with Gasteiger partial charge in [0.25, 0.3) is 6.47 Å². The van der Waals surface area contributed by atoms with Gasteiger partial charge < -0.3 is 4.74 Å². The molecule has 0 aliphatic rings. The molecule has 1 atom stereocenters. The maximum Gasteiger partial charge on any atom is 0.293 e. The van der Waals surface area contributed by atoms with Crippen molar-refractivity contribution in [1.29, 1.82) is 0 Å². The molecule has 0 aliphatic heterocycles. The number of aryl methyl sites for hydroxylation is 1. The lowest BCUT2D eigenvalue weighted by molar-refractivity contribution is -0.128. The molecule has 2 rings (SSSR count). The molecule has 0 saturated heterocycles. The van der Waals surface area contributed by atoms with E-state index in [9.17, 15) is 4.79 Å². The first-order valence-electron chi connectivity index (χ1n) is 5.54. The predicted octanol–water partition coefficient (Wildman–Crippen LogP) is 1.48. The van der Waals surface area contributed by atoms with E-state index in [0.717, 1.165) is 16.8 Å². The lowest BCUT2D eigenvalue weighted by Gasteiger charge is -2.17. The van der Waals surface area contributed by atoms with E-state index < -0.39 is 0 Å². The average molecular weight is 243 g/mol. The van der Waals surface area contributed by atoms with Gasteiger partial charge in [-0.05, 0) is 18.6 Å². The Balaban J connectivity index is 2.37. The summed E-state index contributed by atoms with van der Waals surface area (Å²) in [6, 6.07) is 3.79. The quantitative estimate of drug-likeness (QED) is 0.744. The fraction of sp³-hybridized carbons (Fsp3) is 0.231. The van der Waals surface area contributed by atoms with Gasteiger partial charge in [0, 0.05) is 35.8 Å². The van der Waals surface area contributed by atoms with Crippen LogP contribution in [-0.4, -0.2) is 28.0 Å². The summed E-state index contributed by atoms with van der Waals surface area (Å²) in [5.74, 6) is -0.0925. The van der Waals surface area contributed by atoms with Gasteiger partial charge in [0.05, 0.1) is 0 Å². The van der Waals surface area contributed by atoms with E-state index in [1.165, 1.54) is 6.33 Å². The second-order valence-electron chi connectivity index (χ2n) is 3.83. The van der Waals surface area contributed by atoms with E-state index in [2.05, 4.69) is 15.0 Å². The largest absolute Gasteiger partial charge is 0.467 e. The molecule has 0 spiro atoms. The molecule has 0 aliphatic carbocycles.